The summed E-state index contributed by atoms with van der Waals surface area (Å²) in [5.74, 6) is -5.03. The largest absolute Gasteiger partial charge is 0.387 e. The van der Waals surface area contributed by atoms with Gasteiger partial charge in [0, 0.05) is 44.9 Å². The molecule has 8 amide bonds. The van der Waals surface area contributed by atoms with Crippen molar-refractivity contribution in [3.05, 3.63) is 68.3 Å². The first-order valence-electron chi connectivity index (χ1n) is 26.3. The van der Waals surface area contributed by atoms with Crippen molar-refractivity contribution in [1.82, 2.24) is 37.2 Å². The summed E-state index contributed by atoms with van der Waals surface area (Å²) in [6.07, 6.45) is 6.89. The molecule has 2 aromatic rings. The first-order valence-corrected chi connectivity index (χ1v) is 26.3. The van der Waals surface area contributed by atoms with Gasteiger partial charge in [0.05, 0.1) is 41.1 Å². The lowest BCUT2D eigenvalue weighted by Gasteiger charge is -2.22. The summed E-state index contributed by atoms with van der Waals surface area (Å²) in [6.45, 7) is 14.2. The molecule has 4 unspecified atom stereocenters. The number of amides is 8. The Hall–Kier alpha value is -7.48. The number of nitro groups is 2. The van der Waals surface area contributed by atoms with Gasteiger partial charge in [-0.1, -0.05) is 86.3 Å². The average molecular weight is 1090 g/mol. The summed E-state index contributed by atoms with van der Waals surface area (Å²) in [5, 5.41) is 45.8. The molecule has 77 heavy (non-hydrogen) atoms. The van der Waals surface area contributed by atoms with Gasteiger partial charge in [0.1, 0.15) is 23.8 Å². The SMILES string of the molecule is CCC.CCC.CCC(C)C(NC(=O)CNC(=O)C(CCCCN)NC(=O)CNC(=O)C(CCC(=O)NCCCCNc1ccc([N+](=O)[O-])cc1[N+](=O)[O-])NC(=O)CN)C(N)=O.CCCCNC(=O)c1ccccc1NC. The molecule has 26 nitrogen and oxygen atoms in total. The highest BCUT2D eigenvalue weighted by molar-refractivity contribution is 5.99. The molecule has 0 aliphatic rings. The number of nitrogens with two attached hydrogens (primary N) is 3. The highest BCUT2D eigenvalue weighted by Gasteiger charge is 2.27. The molecule has 0 spiro atoms. The first-order chi connectivity index (χ1) is 36.7. The van der Waals surface area contributed by atoms with Gasteiger partial charge in [0.25, 0.3) is 17.3 Å². The van der Waals surface area contributed by atoms with E-state index < -0.39 is 100 Å². The molecule has 0 aliphatic heterocycles. The summed E-state index contributed by atoms with van der Waals surface area (Å²) in [7, 11) is 1.82. The van der Waals surface area contributed by atoms with Crippen LogP contribution in [0.3, 0.4) is 0 Å². The van der Waals surface area contributed by atoms with Crippen molar-refractivity contribution in [1.29, 1.82) is 0 Å². The number of rotatable bonds is 33. The fourth-order valence-corrected chi connectivity index (χ4v) is 6.44. The number of hydrogen-bond acceptors (Lipinski definition) is 16. The topological polar surface area (TPSA) is 409 Å². The van der Waals surface area contributed by atoms with Gasteiger partial charge >= 0.3 is 0 Å². The molecule has 0 aliphatic carbocycles. The molecule has 0 radical (unpaired) electrons. The van der Waals surface area contributed by atoms with E-state index in [1.54, 1.807) is 6.92 Å². The van der Waals surface area contributed by atoms with Crippen LogP contribution in [0, 0.1) is 26.1 Å². The van der Waals surface area contributed by atoms with Crippen LogP contribution in [-0.4, -0.2) is 128 Å². The van der Waals surface area contributed by atoms with E-state index in [9.17, 15) is 58.6 Å². The van der Waals surface area contributed by atoms with Crippen LogP contribution in [0.15, 0.2) is 42.5 Å². The molecule has 2 aromatic carbocycles. The smallest absolute Gasteiger partial charge is 0.299 e. The van der Waals surface area contributed by atoms with E-state index >= 15 is 0 Å². The zero-order chi connectivity index (χ0) is 58.7. The average Bonchev–Trinajstić information content (AvgIpc) is 3.40. The van der Waals surface area contributed by atoms with E-state index in [0.717, 1.165) is 37.2 Å². The van der Waals surface area contributed by atoms with Gasteiger partial charge in [0.15, 0.2) is 0 Å². The Morgan fingerprint density at radius 1 is 0.623 bits per heavy atom. The Bertz CT molecular complexity index is 2130. The number of anilines is 2. The number of carbonyl (C=O) groups is 8. The van der Waals surface area contributed by atoms with E-state index in [2.05, 4.69) is 82.5 Å². The van der Waals surface area contributed by atoms with E-state index in [1.807, 2.05) is 38.2 Å². The van der Waals surface area contributed by atoms with Crippen LogP contribution in [-0.2, 0) is 33.6 Å². The zero-order valence-corrected chi connectivity index (χ0v) is 46.3. The molecule has 0 bridgehead atoms. The number of nitrogens with one attached hydrogen (secondary N) is 9. The summed E-state index contributed by atoms with van der Waals surface area (Å²) < 4.78 is 0. The second kappa shape index (κ2) is 43.7. The molecule has 26 heteroatoms. The van der Waals surface area contributed by atoms with Crippen LogP contribution in [0.25, 0.3) is 0 Å². The molecule has 0 fully saturated rings. The van der Waals surface area contributed by atoms with Crippen LogP contribution >= 0.6 is 0 Å². The van der Waals surface area contributed by atoms with Gasteiger partial charge in [-0.3, -0.25) is 58.6 Å². The van der Waals surface area contributed by atoms with Crippen LogP contribution in [0.5, 0.6) is 0 Å². The Labute approximate surface area is 452 Å². The van der Waals surface area contributed by atoms with Gasteiger partial charge in [0.2, 0.25) is 41.4 Å². The number of nitrogens with zero attached hydrogens (tertiary/aromatic N) is 2. The van der Waals surface area contributed by atoms with Gasteiger partial charge in [-0.2, -0.15) is 0 Å². The van der Waals surface area contributed by atoms with Crippen LogP contribution in [0.2, 0.25) is 0 Å². The lowest BCUT2D eigenvalue weighted by Crippen LogP contribution is -2.54. The normalized spacial score (nSPS) is 11.7. The van der Waals surface area contributed by atoms with E-state index in [4.69, 9.17) is 17.2 Å². The third-order valence-electron chi connectivity index (χ3n) is 10.7. The minimum atomic E-state index is -1.24. The summed E-state index contributed by atoms with van der Waals surface area (Å²) in [4.78, 5) is 120. The van der Waals surface area contributed by atoms with Crippen LogP contribution in [0.4, 0.5) is 22.7 Å². The molecule has 0 saturated heterocycles. The highest BCUT2D eigenvalue weighted by Crippen LogP contribution is 2.29. The van der Waals surface area contributed by atoms with Crippen molar-refractivity contribution in [2.75, 3.05) is 63.5 Å². The number of para-hydroxylation sites is 1. The van der Waals surface area contributed by atoms with E-state index in [0.29, 0.717) is 44.2 Å². The number of non-ortho nitro benzene ring substituents is 1. The Morgan fingerprint density at radius 2 is 1.18 bits per heavy atom. The highest BCUT2D eigenvalue weighted by atomic mass is 16.6. The maximum Gasteiger partial charge on any atom is 0.299 e. The quantitative estimate of drug-likeness (QED) is 0.0278. The maximum absolute atomic E-state index is 13.0. The summed E-state index contributed by atoms with van der Waals surface area (Å²) >= 11 is 0. The number of primary amides is 1. The van der Waals surface area contributed by atoms with Crippen molar-refractivity contribution in [3.8, 4) is 0 Å². The zero-order valence-electron chi connectivity index (χ0n) is 46.3. The van der Waals surface area contributed by atoms with Gasteiger partial charge < -0.3 is 65.1 Å². The number of nitro benzene ring substituents is 2. The molecule has 2 rings (SSSR count). The Balaban J connectivity index is 0. The third-order valence-corrected chi connectivity index (χ3v) is 10.7. The maximum atomic E-state index is 13.0. The summed E-state index contributed by atoms with van der Waals surface area (Å²) in [6, 6.07) is 7.46. The van der Waals surface area contributed by atoms with Crippen molar-refractivity contribution in [2.45, 2.75) is 144 Å². The molecule has 0 heterocycles. The first kappa shape index (κ1) is 71.6. The molecular formula is C51H88N14O12. The fraction of sp³-hybridized carbons (Fsp3) is 0.608. The molecular weight excluding hydrogens is 1000 g/mol. The second-order valence-electron chi connectivity index (χ2n) is 17.6. The minimum absolute atomic E-state index is 0.00611. The lowest BCUT2D eigenvalue weighted by molar-refractivity contribution is -0.393. The summed E-state index contributed by atoms with van der Waals surface area (Å²) in [5.41, 5.74) is 17.1. The molecule has 0 aromatic heterocycles. The van der Waals surface area contributed by atoms with Crippen LogP contribution < -0.4 is 65.1 Å². The van der Waals surface area contributed by atoms with Crippen molar-refractivity contribution >= 4 is 70.0 Å². The molecule has 434 valence electrons. The van der Waals surface area contributed by atoms with Gasteiger partial charge in [-0.15, -0.1) is 0 Å². The number of unbranched alkanes of at least 4 members (excludes halogenated alkanes) is 3. The number of benzene rings is 2. The molecule has 0 saturated carbocycles. The van der Waals surface area contributed by atoms with Crippen molar-refractivity contribution in [3.63, 3.8) is 0 Å². The third kappa shape index (κ3) is 32.5. The molecule has 15 N–H and O–H groups in total. The van der Waals surface area contributed by atoms with Crippen molar-refractivity contribution < 1.29 is 48.2 Å². The lowest BCUT2D eigenvalue weighted by atomic mass is 9.98. The fourth-order valence-electron chi connectivity index (χ4n) is 6.44. The van der Waals surface area contributed by atoms with Gasteiger partial charge in [-0.05, 0) is 75.6 Å². The van der Waals surface area contributed by atoms with Crippen LogP contribution in [0.1, 0.15) is 136 Å². The van der Waals surface area contributed by atoms with E-state index in [1.165, 1.54) is 18.9 Å². The number of hydrogen-bond donors (Lipinski definition) is 12. The predicted octanol–water partition coefficient (Wildman–Crippen LogP) is 2.99. The Kier molecular flexibility index (Phi) is 40.7. The minimum Gasteiger partial charge on any atom is -0.387 e. The standard InChI is InChI=1S/C33H54N12O11.C12H18N2O.2C3H8/c1-3-20(2)30(31(36)50)43-29(49)19-40-32(51)23(8-4-5-13-34)42-28(48)18-39-33(52)24(41-27(47)17-35)11-12-26(46)38-15-7-6-14-37-22-10-9-21(44(53)54)16-25(22)45(55)56;1-3-4-9-14-12(15)10-7-5-6-8-11(10)13-2;2*1-3-2/h9-10,16,20,23-24,30,37H,3-8,11-15,17-19,34-35H2,1-2H3,(H2,36,50)(H,38,46)(H,39,52)(H,40,51)(H,41,47)(H,42,48)(H,43,49);5-8,13H,3-4,9H2,1-2H3,(H,14,15);2*3H2,1-2H3. The molecule has 4 atom stereocenters. The van der Waals surface area contributed by atoms with Gasteiger partial charge in [-0.25, -0.2) is 0 Å². The predicted molar refractivity (Wildman–Crippen MR) is 297 cm³/mol. The second-order valence-corrected chi connectivity index (χ2v) is 17.6. The monoisotopic (exact) mass is 1090 g/mol. The Morgan fingerprint density at radius 3 is 1.71 bits per heavy atom. The number of carbonyl (C=O) groups excluding carboxylic acids is 8. The van der Waals surface area contributed by atoms with Crippen molar-refractivity contribution in [2.24, 2.45) is 23.1 Å². The van der Waals surface area contributed by atoms with E-state index in [-0.39, 0.29) is 49.9 Å².